The van der Waals surface area contributed by atoms with E-state index in [1.165, 1.54) is 13.8 Å². The fourth-order valence-electron chi connectivity index (χ4n) is 4.97. The Kier molecular flexibility index (Phi) is 9.64. The highest BCUT2D eigenvalue weighted by Gasteiger charge is 2.50. The molecule has 2 nitrogen and oxygen atoms in total. The molecule has 2 aromatic rings. The molecule has 0 aliphatic rings. The van der Waals surface area contributed by atoms with Gasteiger partial charge in [0.15, 0.2) is 0 Å². The van der Waals surface area contributed by atoms with Crippen molar-refractivity contribution in [1.29, 1.82) is 5.26 Å². The lowest BCUT2D eigenvalue weighted by atomic mass is 9.66. The molecule has 0 fully saturated rings. The Bertz CT molecular complexity index is 989. The van der Waals surface area contributed by atoms with Crippen molar-refractivity contribution in [1.82, 2.24) is 4.90 Å². The van der Waals surface area contributed by atoms with Crippen LogP contribution >= 0.6 is 0 Å². The molecular weight excluding hydrogens is 478 g/mol. The lowest BCUT2D eigenvalue weighted by Crippen LogP contribution is -2.42. The van der Waals surface area contributed by atoms with E-state index in [0.717, 1.165) is 11.6 Å². The van der Waals surface area contributed by atoms with Crippen molar-refractivity contribution in [2.24, 2.45) is 5.92 Å². The number of hydrogen-bond donors (Lipinski definition) is 0. The van der Waals surface area contributed by atoms with Crippen LogP contribution in [0.4, 0.5) is 26.3 Å². The van der Waals surface area contributed by atoms with Crippen molar-refractivity contribution in [2.75, 3.05) is 0 Å². The maximum absolute atomic E-state index is 14.0. The van der Waals surface area contributed by atoms with E-state index in [2.05, 4.69) is 4.90 Å². The molecule has 2 aromatic carbocycles. The molecule has 2 rings (SSSR count). The van der Waals surface area contributed by atoms with Crippen molar-refractivity contribution >= 4 is 0 Å². The first-order valence-electron chi connectivity index (χ1n) is 12.2. The highest BCUT2D eigenvalue weighted by atomic mass is 19.4. The Labute approximate surface area is 209 Å². The van der Waals surface area contributed by atoms with Crippen LogP contribution in [0.25, 0.3) is 0 Å². The highest BCUT2D eigenvalue weighted by Crippen LogP contribution is 2.49. The maximum atomic E-state index is 14.0. The van der Waals surface area contributed by atoms with E-state index < -0.39 is 40.4 Å². The van der Waals surface area contributed by atoms with Gasteiger partial charge >= 0.3 is 12.4 Å². The maximum Gasteiger partial charge on any atom is 0.416 e. The molecule has 198 valence electrons. The molecule has 0 radical (unpaired) electrons. The van der Waals surface area contributed by atoms with Gasteiger partial charge < -0.3 is 0 Å². The molecule has 0 aliphatic carbocycles. The predicted molar refractivity (Wildman–Crippen MR) is 129 cm³/mol. The SMILES string of the molecule is CCC(CCC(C#N)(c1c(C(F)(F)F)cccc1C(F)(F)F)C(C)C)N(Cc1ccccc1)C(C)C. The predicted octanol–water partition coefficient (Wildman–Crippen LogP) is 8.61. The minimum atomic E-state index is -5.03. The lowest BCUT2D eigenvalue weighted by Gasteiger charge is -2.39. The topological polar surface area (TPSA) is 27.0 Å². The summed E-state index contributed by atoms with van der Waals surface area (Å²) in [7, 11) is 0. The van der Waals surface area contributed by atoms with E-state index in [-0.39, 0.29) is 24.9 Å². The van der Waals surface area contributed by atoms with Gasteiger partial charge in [-0.2, -0.15) is 31.6 Å². The fraction of sp³-hybridized carbons (Fsp3) is 0.536. The standard InChI is InChI=1S/C28H34F6N2/c1-6-22(36(20(4)5)17-21-11-8-7-9-12-21)15-16-26(18-35,19(2)3)25-23(27(29,30)31)13-10-14-24(25)28(32,33)34/h7-14,19-20,22H,6,15-17H2,1-5H3. The van der Waals surface area contributed by atoms with E-state index in [4.69, 9.17) is 0 Å². The van der Waals surface area contributed by atoms with Gasteiger partial charge in [-0.25, -0.2) is 0 Å². The van der Waals surface area contributed by atoms with E-state index in [0.29, 0.717) is 25.1 Å². The zero-order valence-corrected chi connectivity index (χ0v) is 21.3. The Morgan fingerprint density at radius 2 is 1.36 bits per heavy atom. The number of benzene rings is 2. The summed E-state index contributed by atoms with van der Waals surface area (Å²) in [6, 6.07) is 13.6. The van der Waals surface area contributed by atoms with E-state index in [9.17, 15) is 31.6 Å². The van der Waals surface area contributed by atoms with Gasteiger partial charge in [-0.1, -0.05) is 57.2 Å². The average molecular weight is 513 g/mol. The van der Waals surface area contributed by atoms with E-state index in [1.807, 2.05) is 57.2 Å². The van der Waals surface area contributed by atoms with Crippen LogP contribution in [0.1, 0.15) is 76.1 Å². The van der Waals surface area contributed by atoms with Gasteiger partial charge in [0.2, 0.25) is 0 Å². The fourth-order valence-corrected chi connectivity index (χ4v) is 4.97. The number of hydrogen-bond acceptors (Lipinski definition) is 2. The van der Waals surface area contributed by atoms with E-state index >= 15 is 0 Å². The molecule has 0 spiro atoms. The number of nitrogens with zero attached hydrogens (tertiary/aromatic N) is 2. The Morgan fingerprint density at radius 1 is 0.833 bits per heavy atom. The molecule has 2 unspecified atom stereocenters. The van der Waals surface area contributed by atoms with Gasteiger partial charge in [0.25, 0.3) is 0 Å². The minimum Gasteiger partial charge on any atom is -0.294 e. The summed E-state index contributed by atoms with van der Waals surface area (Å²) in [5, 5.41) is 10.3. The molecule has 8 heteroatoms. The number of alkyl halides is 6. The summed E-state index contributed by atoms with van der Waals surface area (Å²) in [5.74, 6) is -0.786. The summed E-state index contributed by atoms with van der Waals surface area (Å²) < 4.78 is 84.0. The summed E-state index contributed by atoms with van der Waals surface area (Å²) in [4.78, 5) is 2.19. The largest absolute Gasteiger partial charge is 0.416 e. The number of halogens is 6. The average Bonchev–Trinajstić information content (AvgIpc) is 2.80. The first kappa shape index (κ1) is 29.7. The molecule has 0 amide bonds. The molecular formula is C28H34F6N2. The molecule has 0 aromatic heterocycles. The van der Waals surface area contributed by atoms with Crippen LogP contribution in [-0.2, 0) is 24.3 Å². The summed E-state index contributed by atoms with van der Waals surface area (Å²) in [6.45, 7) is 9.58. The van der Waals surface area contributed by atoms with Gasteiger partial charge in [-0.15, -0.1) is 0 Å². The van der Waals surface area contributed by atoms with Crippen molar-refractivity contribution in [3.05, 3.63) is 70.8 Å². The third-order valence-corrected chi connectivity index (χ3v) is 6.99. The van der Waals surface area contributed by atoms with Gasteiger partial charge in [-0.05, 0) is 62.3 Å². The second kappa shape index (κ2) is 11.7. The monoisotopic (exact) mass is 512 g/mol. The third kappa shape index (κ3) is 6.61. The Hall–Kier alpha value is -2.53. The smallest absolute Gasteiger partial charge is 0.294 e. The van der Waals surface area contributed by atoms with Crippen LogP contribution in [0.2, 0.25) is 0 Å². The molecule has 0 saturated carbocycles. The molecule has 36 heavy (non-hydrogen) atoms. The van der Waals surface area contributed by atoms with Crippen LogP contribution in [-0.4, -0.2) is 17.0 Å². The highest BCUT2D eigenvalue weighted by molar-refractivity contribution is 5.48. The summed E-state index contributed by atoms with van der Waals surface area (Å²) >= 11 is 0. The van der Waals surface area contributed by atoms with Crippen LogP contribution in [0.15, 0.2) is 48.5 Å². The zero-order valence-electron chi connectivity index (χ0n) is 21.3. The first-order valence-corrected chi connectivity index (χ1v) is 12.2. The number of rotatable bonds is 10. The van der Waals surface area contributed by atoms with Gasteiger partial charge in [0.1, 0.15) is 0 Å². The van der Waals surface area contributed by atoms with Crippen LogP contribution in [0, 0.1) is 17.2 Å². The Morgan fingerprint density at radius 3 is 1.75 bits per heavy atom. The Balaban J connectivity index is 2.59. The quantitative estimate of drug-likeness (QED) is 0.298. The molecule has 0 heterocycles. The van der Waals surface area contributed by atoms with Gasteiger partial charge in [-0.3, -0.25) is 4.90 Å². The van der Waals surface area contributed by atoms with Gasteiger partial charge in [0.05, 0.1) is 22.6 Å². The van der Waals surface area contributed by atoms with Gasteiger partial charge in [0, 0.05) is 18.6 Å². The minimum absolute atomic E-state index is 0.0823. The normalized spacial score (nSPS) is 15.2. The van der Waals surface area contributed by atoms with Crippen molar-refractivity contribution in [3.8, 4) is 6.07 Å². The van der Waals surface area contributed by atoms with Crippen LogP contribution in [0.3, 0.4) is 0 Å². The number of nitriles is 1. The molecule has 0 bridgehead atoms. The molecule has 0 aliphatic heterocycles. The lowest BCUT2D eigenvalue weighted by molar-refractivity contribution is -0.145. The van der Waals surface area contributed by atoms with Crippen molar-refractivity contribution < 1.29 is 26.3 Å². The molecule has 0 N–H and O–H groups in total. The van der Waals surface area contributed by atoms with Crippen molar-refractivity contribution in [2.45, 2.75) is 90.3 Å². The van der Waals surface area contributed by atoms with E-state index in [1.54, 1.807) is 0 Å². The zero-order chi connectivity index (χ0) is 27.3. The second-order valence-corrected chi connectivity index (χ2v) is 9.81. The third-order valence-electron chi connectivity index (χ3n) is 6.99. The molecule has 2 atom stereocenters. The summed E-state index contributed by atoms with van der Waals surface area (Å²) in [5.41, 5.74) is -4.67. The first-order chi connectivity index (χ1) is 16.7. The second-order valence-electron chi connectivity index (χ2n) is 9.81. The van der Waals surface area contributed by atoms with Crippen LogP contribution < -0.4 is 0 Å². The molecule has 0 saturated heterocycles. The van der Waals surface area contributed by atoms with Crippen molar-refractivity contribution in [3.63, 3.8) is 0 Å². The van der Waals surface area contributed by atoms with Crippen LogP contribution in [0.5, 0.6) is 0 Å². The summed E-state index contributed by atoms with van der Waals surface area (Å²) in [6.07, 6.45) is -9.29.